The predicted molar refractivity (Wildman–Crippen MR) is 423 cm³/mol. The molecule has 0 saturated carbocycles. The first kappa shape index (κ1) is 92.1. The topological polar surface area (TPSA) is 134 Å². The number of hydrogen-bond donors (Lipinski definition) is 8. The van der Waals surface area contributed by atoms with Crippen LogP contribution in [0.25, 0.3) is 0 Å². The normalized spacial score (nSPS) is 15.3. The minimum Gasteiger partial charge on any atom is -0.392 e. The first-order valence-electron chi connectivity index (χ1n) is 42.2. The fourth-order valence-corrected chi connectivity index (χ4v) is 16.1. The third-order valence-electron chi connectivity index (χ3n) is 20.6. The summed E-state index contributed by atoms with van der Waals surface area (Å²) >= 11 is 2.08. The Morgan fingerprint density at radius 1 is 0.277 bits per heavy atom. The zero-order valence-electron chi connectivity index (χ0n) is 63.6. The van der Waals surface area contributed by atoms with Gasteiger partial charge in [0, 0.05) is 77.0 Å². The average molecular weight is 1370 g/mol. The molecule has 0 radical (unpaired) electrons. The van der Waals surface area contributed by atoms with Crippen molar-refractivity contribution >= 4 is 32.8 Å². The van der Waals surface area contributed by atoms with Crippen LogP contribution in [0.1, 0.15) is 400 Å². The molecule has 0 aromatic carbocycles. The number of rotatable bonds is 76. The van der Waals surface area contributed by atoms with E-state index in [0.29, 0.717) is 36.3 Å². The Morgan fingerprint density at radius 2 is 0.468 bits per heavy atom. The van der Waals surface area contributed by atoms with Crippen molar-refractivity contribution in [2.75, 3.05) is 90.0 Å². The molecule has 4 atom stereocenters. The second-order valence-corrected chi connectivity index (χ2v) is 32.6. The van der Waals surface area contributed by atoms with Gasteiger partial charge in [0.05, 0.1) is 34.5 Å². The zero-order valence-corrected chi connectivity index (χ0v) is 65.4. The molecule has 1 aliphatic rings. The molecule has 12 heteroatoms. The minimum atomic E-state index is -0.352. The van der Waals surface area contributed by atoms with E-state index in [4.69, 9.17) is 0 Å². The molecule has 1 fully saturated rings. The van der Waals surface area contributed by atoms with Crippen molar-refractivity contribution < 1.29 is 30.6 Å². The minimum absolute atomic E-state index is 0.352. The summed E-state index contributed by atoms with van der Waals surface area (Å²) in [6.07, 6.45) is 70.7. The van der Waals surface area contributed by atoms with Crippen LogP contribution in [0.15, 0.2) is 0 Å². The van der Waals surface area contributed by atoms with Gasteiger partial charge in [-0.1, -0.05) is 336 Å². The third-order valence-corrected chi connectivity index (χ3v) is 22.6. The molecule has 0 amide bonds. The monoisotopic (exact) mass is 1370 g/mol. The van der Waals surface area contributed by atoms with E-state index >= 15 is 0 Å². The maximum Gasteiger partial charge on any atom is 0.0695 e. The summed E-state index contributed by atoms with van der Waals surface area (Å²) < 4.78 is 0. The van der Waals surface area contributed by atoms with Crippen molar-refractivity contribution in [2.24, 2.45) is 0 Å². The van der Waals surface area contributed by atoms with Gasteiger partial charge < -0.3 is 40.4 Å². The lowest BCUT2D eigenvalue weighted by atomic mass is 10.0. The smallest absolute Gasteiger partial charge is 0.0695 e. The third kappa shape index (κ3) is 65.4. The largest absolute Gasteiger partial charge is 0.392 e. The van der Waals surface area contributed by atoms with Gasteiger partial charge in [-0.2, -0.15) is 22.7 Å². The molecular weight excluding hydrogens is 1200 g/mol. The van der Waals surface area contributed by atoms with Gasteiger partial charge in [-0.15, -0.1) is 0 Å². The number of thiol groups is 2. The molecule has 0 bridgehead atoms. The average Bonchev–Trinajstić information content (AvgIpc) is 3.60. The first-order chi connectivity index (χ1) is 46.1. The number of piperazine rings is 1. The lowest BCUT2D eigenvalue weighted by Crippen LogP contribution is -2.47. The first-order valence-corrected chi connectivity index (χ1v) is 44.3. The second-order valence-electron chi connectivity index (χ2n) is 30.0. The van der Waals surface area contributed by atoms with E-state index in [1.807, 2.05) is 0 Å². The summed E-state index contributed by atoms with van der Waals surface area (Å²) in [5, 5.41) is 67.8. The molecule has 0 aromatic heterocycles. The number of aliphatic hydroxyl groups is 6. The summed E-state index contributed by atoms with van der Waals surface area (Å²) in [4.78, 5) is 9.73. The summed E-state index contributed by atoms with van der Waals surface area (Å²) in [5.41, 5.74) is 0. The SMILES string of the molecule is CCCCCCCCCCCCCCC(O)CN(CCCCC(O)=[SH]CCN1CCN(CC[SH]=C(O)CCCCN(CC(O)CCCCCCCCCCCCCC)CC(O)CCCCCCCCCCCCCC)CC1)CC(O)CCCCCCCCCCCCCC. The van der Waals surface area contributed by atoms with Crippen molar-refractivity contribution in [3.63, 3.8) is 0 Å². The quantitative estimate of drug-likeness (QED) is 0.0169. The lowest BCUT2D eigenvalue weighted by molar-refractivity contribution is 0.0593. The maximum atomic E-state index is 11.2. The van der Waals surface area contributed by atoms with Gasteiger partial charge in [-0.25, -0.2) is 0 Å². The van der Waals surface area contributed by atoms with E-state index < -0.39 is 0 Å². The van der Waals surface area contributed by atoms with E-state index in [1.165, 1.54) is 283 Å². The van der Waals surface area contributed by atoms with Crippen molar-refractivity contribution in [2.45, 2.75) is 425 Å². The molecule has 0 spiro atoms. The molecule has 1 rings (SSSR count). The second kappa shape index (κ2) is 72.8. The van der Waals surface area contributed by atoms with E-state index in [1.54, 1.807) is 0 Å². The molecule has 564 valence electrons. The Labute approximate surface area is 594 Å². The van der Waals surface area contributed by atoms with Crippen LogP contribution in [-0.2, 0) is 0 Å². The number of nitrogens with zero attached hydrogens (tertiary/aromatic N) is 4. The summed E-state index contributed by atoms with van der Waals surface area (Å²) in [7, 11) is 0. The van der Waals surface area contributed by atoms with Crippen molar-refractivity contribution in [3.8, 4) is 0 Å². The highest BCUT2D eigenvalue weighted by atomic mass is 32.1. The van der Waals surface area contributed by atoms with Crippen molar-refractivity contribution in [1.82, 2.24) is 19.6 Å². The summed E-state index contributed by atoms with van der Waals surface area (Å²) in [6, 6.07) is 0. The van der Waals surface area contributed by atoms with Gasteiger partial charge in [-0.05, 0) is 77.3 Å². The molecule has 1 aliphatic heterocycles. The van der Waals surface area contributed by atoms with E-state index in [9.17, 15) is 30.6 Å². The molecule has 4 unspecified atom stereocenters. The van der Waals surface area contributed by atoms with Crippen molar-refractivity contribution in [3.05, 3.63) is 0 Å². The van der Waals surface area contributed by atoms with Crippen LogP contribution in [0.4, 0.5) is 0 Å². The number of unbranched alkanes of at least 4 members (excludes halogenated alkanes) is 46. The number of hydrogen-bond acceptors (Lipinski definition) is 8. The molecule has 6 N–H and O–H groups in total. The highest BCUT2D eigenvalue weighted by Gasteiger charge is 2.19. The Balaban J connectivity index is 2.48. The van der Waals surface area contributed by atoms with Crippen LogP contribution < -0.4 is 0 Å². The Bertz CT molecular complexity index is 1390. The van der Waals surface area contributed by atoms with Crippen LogP contribution in [0.3, 0.4) is 0 Å². The molecule has 1 heterocycles. The maximum absolute atomic E-state index is 11.2. The highest BCUT2D eigenvalue weighted by molar-refractivity contribution is 7.98. The van der Waals surface area contributed by atoms with E-state index in [2.05, 4.69) is 47.3 Å². The molecule has 0 aromatic rings. The van der Waals surface area contributed by atoms with Gasteiger partial charge in [-0.3, -0.25) is 9.80 Å². The predicted octanol–water partition coefficient (Wildman–Crippen LogP) is 21.7. The van der Waals surface area contributed by atoms with Gasteiger partial charge in [0.2, 0.25) is 0 Å². The Hall–Kier alpha value is 0.0400. The fraction of sp³-hybridized carbons (Fsp3) is 0.976. The molecule has 1 saturated heterocycles. The molecule has 94 heavy (non-hydrogen) atoms. The molecule has 10 nitrogen and oxygen atoms in total. The lowest BCUT2D eigenvalue weighted by Gasteiger charge is -2.34. The summed E-state index contributed by atoms with van der Waals surface area (Å²) in [6.45, 7) is 19.6. The molecular formula is C82H168N4O6S2. The Morgan fingerprint density at radius 3 is 0.670 bits per heavy atom. The van der Waals surface area contributed by atoms with Crippen LogP contribution in [0.5, 0.6) is 0 Å². The van der Waals surface area contributed by atoms with Gasteiger partial charge in [0.15, 0.2) is 0 Å². The van der Waals surface area contributed by atoms with Crippen LogP contribution in [0.2, 0.25) is 0 Å². The van der Waals surface area contributed by atoms with Gasteiger partial charge in [0.25, 0.3) is 0 Å². The number of aliphatic hydroxyl groups excluding tert-OH is 6. The van der Waals surface area contributed by atoms with Crippen LogP contribution >= 0.6 is 22.7 Å². The van der Waals surface area contributed by atoms with E-state index in [0.717, 1.165) is 176 Å². The Kier molecular flexibility index (Phi) is 71.3. The molecule has 0 aliphatic carbocycles. The zero-order chi connectivity index (χ0) is 68.1. The van der Waals surface area contributed by atoms with Crippen LogP contribution in [-0.4, -0.2) is 175 Å². The van der Waals surface area contributed by atoms with E-state index in [-0.39, 0.29) is 24.4 Å². The van der Waals surface area contributed by atoms with Crippen LogP contribution in [0, 0.1) is 0 Å². The van der Waals surface area contributed by atoms with Gasteiger partial charge >= 0.3 is 0 Å². The fourth-order valence-electron chi connectivity index (χ4n) is 14.2. The highest BCUT2D eigenvalue weighted by Crippen LogP contribution is 2.20. The van der Waals surface area contributed by atoms with Crippen molar-refractivity contribution in [1.29, 1.82) is 0 Å². The van der Waals surface area contributed by atoms with Gasteiger partial charge in [0.1, 0.15) is 0 Å². The summed E-state index contributed by atoms with van der Waals surface area (Å²) in [5.74, 6) is 1.90. The standard InChI is InChI=1S/C82H168N4O6S2/c1-5-9-13-17-21-25-29-33-37-41-45-49-57-77(87)73-85(74-78(88)58-50-46-42-38-34-30-26-22-18-14-10-6-2)63-55-53-61-81(91)93-71-69-83-65-67-84(68-66-83)70-72-94-82(92)62-54-56-64-86(75-79(89)59-51-47-43-39-35-31-27-23-19-15-11-7-3)76-80(90)60-52-48-44-40-36-32-28-24-20-16-12-8-4/h77-80,87-94H,5-76H2,1-4H3.